The van der Waals surface area contributed by atoms with Crippen molar-refractivity contribution in [1.82, 2.24) is 0 Å². The van der Waals surface area contributed by atoms with Gasteiger partial charge in [0.15, 0.2) is 10.6 Å². The van der Waals surface area contributed by atoms with Gasteiger partial charge in [0, 0.05) is 19.3 Å². The number of thioether (sulfide) groups is 1. The molecule has 184 valence electrons. The Hall–Kier alpha value is -5.01. The van der Waals surface area contributed by atoms with Gasteiger partial charge in [0.2, 0.25) is 0 Å². The lowest BCUT2D eigenvalue weighted by Crippen LogP contribution is -2.22. The molecule has 0 saturated carbocycles. The number of rotatable bonds is 11. The second-order valence-electron chi connectivity index (χ2n) is 6.46. The fourth-order valence-electron chi connectivity index (χ4n) is 2.87. The normalized spacial score (nSPS) is 10.4. The highest BCUT2D eigenvalue weighted by molar-refractivity contribution is 7.99. The van der Waals surface area contributed by atoms with Crippen LogP contribution in [-0.2, 0) is 0 Å². The average Bonchev–Trinajstić information content (AvgIpc) is 2.77. The molecule has 0 aromatic heterocycles. The molecule has 2 rings (SSSR count). The Morgan fingerprint density at radius 1 is 0.629 bits per heavy atom. The Kier molecular flexibility index (Phi) is 7.71. The van der Waals surface area contributed by atoms with Crippen LogP contribution >= 0.6 is 11.8 Å². The number of hydrogen-bond donors (Lipinski definition) is 0. The molecule has 0 N–H and O–H groups in total. The number of nitrogens with zero attached hydrogens (tertiary/aromatic N) is 7. The minimum Gasteiger partial charge on any atom is -0.363 e. The molecule has 0 aliphatic heterocycles. The van der Waals surface area contributed by atoms with E-state index in [0.29, 0.717) is 36.0 Å². The molecule has 20 heteroatoms. The Labute approximate surface area is 195 Å². The SMILES string of the molecule is CN(CCSc1c([N+](=O)[O-])cc([N+](=O)[O-])cc1[N+](=O)[O-])c1c([N+](=O)[O-])cc([N+](=O)[O-])cc1[N+](=O)[O-]. The molecule has 0 aliphatic rings. The third kappa shape index (κ3) is 5.68. The molecule has 0 fully saturated rings. The van der Waals surface area contributed by atoms with Gasteiger partial charge in [0.05, 0.1) is 53.8 Å². The zero-order valence-corrected chi connectivity index (χ0v) is 18.0. The summed E-state index contributed by atoms with van der Waals surface area (Å²) in [5.74, 6) is -0.263. The van der Waals surface area contributed by atoms with E-state index in [9.17, 15) is 60.7 Å². The van der Waals surface area contributed by atoms with E-state index in [1.165, 1.54) is 7.05 Å². The quantitative estimate of drug-likeness (QED) is 0.237. The van der Waals surface area contributed by atoms with E-state index in [2.05, 4.69) is 0 Å². The van der Waals surface area contributed by atoms with Crippen molar-refractivity contribution >= 4 is 51.6 Å². The standard InChI is InChI=1S/C15H11N7O12S/c1-16(14-10(19(27)28)4-8(17(23)24)5-11(14)20(29)30)2-3-35-15-12(21(31)32)6-9(18(25)26)7-13(15)22(33)34/h4-7H,2-3H2,1H3. The minimum atomic E-state index is -1.06. The fraction of sp³-hybridized carbons (Fsp3) is 0.200. The van der Waals surface area contributed by atoms with Crippen LogP contribution in [0, 0.1) is 60.7 Å². The maximum atomic E-state index is 11.4. The first-order chi connectivity index (χ1) is 16.3. The lowest BCUT2D eigenvalue weighted by atomic mass is 10.2. The van der Waals surface area contributed by atoms with Gasteiger partial charge in [-0.1, -0.05) is 0 Å². The molecule has 0 unspecified atom stereocenters. The summed E-state index contributed by atoms with van der Waals surface area (Å²) in [6, 6.07) is 2.12. The van der Waals surface area contributed by atoms with Crippen molar-refractivity contribution in [3.05, 3.63) is 85.0 Å². The van der Waals surface area contributed by atoms with E-state index in [4.69, 9.17) is 0 Å². The average molecular weight is 513 g/mol. The van der Waals surface area contributed by atoms with Gasteiger partial charge in [-0.25, -0.2) is 0 Å². The molecule has 0 aliphatic carbocycles. The van der Waals surface area contributed by atoms with Crippen molar-refractivity contribution in [3.63, 3.8) is 0 Å². The van der Waals surface area contributed by atoms with Crippen LogP contribution in [0.5, 0.6) is 0 Å². The van der Waals surface area contributed by atoms with E-state index in [1.54, 1.807) is 0 Å². The number of hydrogen-bond acceptors (Lipinski definition) is 14. The molecular weight excluding hydrogens is 502 g/mol. The molecule has 2 aromatic carbocycles. The molecule has 0 saturated heterocycles. The molecule has 2 aromatic rings. The van der Waals surface area contributed by atoms with Gasteiger partial charge in [-0.15, -0.1) is 11.8 Å². The maximum absolute atomic E-state index is 11.4. The number of nitro groups is 6. The molecule has 0 radical (unpaired) electrons. The van der Waals surface area contributed by atoms with Gasteiger partial charge in [0.1, 0.15) is 0 Å². The van der Waals surface area contributed by atoms with E-state index in [1.807, 2.05) is 0 Å². The fourth-order valence-corrected chi connectivity index (χ4v) is 4.00. The predicted octanol–water partition coefficient (Wildman–Crippen LogP) is 3.36. The summed E-state index contributed by atoms with van der Waals surface area (Å²) < 4.78 is 0. The summed E-state index contributed by atoms with van der Waals surface area (Å²) in [5, 5.41) is 67.5. The van der Waals surface area contributed by atoms with Crippen LogP contribution in [0.1, 0.15) is 0 Å². The first kappa shape index (κ1) is 26.2. The highest BCUT2D eigenvalue weighted by Gasteiger charge is 2.34. The van der Waals surface area contributed by atoms with Crippen molar-refractivity contribution in [2.24, 2.45) is 0 Å². The largest absolute Gasteiger partial charge is 0.363 e. The summed E-state index contributed by atoms with van der Waals surface area (Å²) in [7, 11) is 1.17. The second kappa shape index (κ2) is 10.3. The summed E-state index contributed by atoms with van der Waals surface area (Å²) in [6.45, 7) is -0.310. The van der Waals surface area contributed by atoms with E-state index < -0.39 is 74.2 Å². The Morgan fingerprint density at radius 2 is 0.971 bits per heavy atom. The second-order valence-corrected chi connectivity index (χ2v) is 7.56. The van der Waals surface area contributed by atoms with Gasteiger partial charge in [-0.2, -0.15) is 0 Å². The zero-order chi connectivity index (χ0) is 26.6. The number of anilines is 1. The summed E-state index contributed by atoms with van der Waals surface area (Å²) >= 11 is 0.515. The van der Waals surface area contributed by atoms with Crippen LogP contribution in [0.15, 0.2) is 29.2 Å². The van der Waals surface area contributed by atoms with E-state index in [0.717, 1.165) is 4.90 Å². The summed E-state index contributed by atoms with van der Waals surface area (Å²) in [6.07, 6.45) is 0. The third-order valence-electron chi connectivity index (χ3n) is 4.35. The van der Waals surface area contributed by atoms with Gasteiger partial charge >= 0.3 is 11.4 Å². The highest BCUT2D eigenvalue weighted by Crippen LogP contribution is 2.42. The van der Waals surface area contributed by atoms with Gasteiger partial charge in [-0.05, 0) is 0 Å². The van der Waals surface area contributed by atoms with Crippen LogP contribution in [0.2, 0.25) is 0 Å². The Morgan fingerprint density at radius 3 is 1.29 bits per heavy atom. The van der Waals surface area contributed by atoms with Crippen molar-refractivity contribution in [2.45, 2.75) is 4.90 Å². The third-order valence-corrected chi connectivity index (χ3v) is 5.45. The van der Waals surface area contributed by atoms with Crippen LogP contribution in [0.25, 0.3) is 0 Å². The van der Waals surface area contributed by atoms with E-state index >= 15 is 0 Å². The Balaban J connectivity index is 2.46. The monoisotopic (exact) mass is 513 g/mol. The molecule has 0 amide bonds. The van der Waals surface area contributed by atoms with Gasteiger partial charge in [0.25, 0.3) is 22.7 Å². The molecule has 0 bridgehead atoms. The minimum absolute atomic E-state index is 0.263. The molecule has 0 heterocycles. The zero-order valence-electron chi connectivity index (χ0n) is 17.2. The summed E-state index contributed by atoms with van der Waals surface area (Å²) in [5.41, 5.74) is -6.14. The smallest absolute Gasteiger partial charge is 0.306 e. The molecular formula is C15H11N7O12S. The highest BCUT2D eigenvalue weighted by atomic mass is 32.2. The van der Waals surface area contributed by atoms with Crippen LogP contribution in [-0.4, -0.2) is 48.9 Å². The van der Waals surface area contributed by atoms with Crippen LogP contribution < -0.4 is 4.90 Å². The van der Waals surface area contributed by atoms with Crippen molar-refractivity contribution < 1.29 is 29.5 Å². The number of non-ortho nitro benzene ring substituents is 2. The molecule has 19 nitrogen and oxygen atoms in total. The van der Waals surface area contributed by atoms with Gasteiger partial charge in [-0.3, -0.25) is 60.7 Å². The maximum Gasteiger partial charge on any atom is 0.306 e. The number of nitro benzene ring substituents is 6. The topological polar surface area (TPSA) is 262 Å². The predicted molar refractivity (Wildman–Crippen MR) is 117 cm³/mol. The van der Waals surface area contributed by atoms with Crippen LogP contribution in [0.4, 0.5) is 39.8 Å². The first-order valence-corrected chi connectivity index (χ1v) is 9.81. The van der Waals surface area contributed by atoms with E-state index in [-0.39, 0.29) is 12.3 Å². The van der Waals surface area contributed by atoms with Gasteiger partial charge < -0.3 is 4.90 Å². The molecule has 0 spiro atoms. The van der Waals surface area contributed by atoms with Crippen LogP contribution in [0.3, 0.4) is 0 Å². The summed E-state index contributed by atoms with van der Waals surface area (Å²) in [4.78, 5) is 61.6. The lowest BCUT2D eigenvalue weighted by Gasteiger charge is -2.18. The lowest BCUT2D eigenvalue weighted by molar-refractivity contribution is -0.407. The Bertz CT molecular complexity index is 1210. The molecule has 0 atom stereocenters. The number of benzene rings is 2. The molecule has 35 heavy (non-hydrogen) atoms. The van der Waals surface area contributed by atoms with Crippen molar-refractivity contribution in [3.8, 4) is 0 Å². The first-order valence-electron chi connectivity index (χ1n) is 8.82. The van der Waals surface area contributed by atoms with Crippen molar-refractivity contribution in [2.75, 3.05) is 24.2 Å². The van der Waals surface area contributed by atoms with Crippen molar-refractivity contribution in [1.29, 1.82) is 0 Å².